The van der Waals surface area contributed by atoms with Crippen LogP contribution in [0, 0.1) is 5.41 Å². The molecule has 0 bridgehead atoms. The highest BCUT2D eigenvalue weighted by Gasteiger charge is 2.42. The van der Waals surface area contributed by atoms with Gasteiger partial charge in [-0.3, -0.25) is 4.90 Å². The van der Waals surface area contributed by atoms with Crippen molar-refractivity contribution in [2.45, 2.75) is 57.7 Å². The molecule has 17 heavy (non-hydrogen) atoms. The molecule has 3 heteroatoms. The van der Waals surface area contributed by atoms with Gasteiger partial charge in [0.2, 0.25) is 0 Å². The summed E-state index contributed by atoms with van der Waals surface area (Å²) >= 11 is 0. The third kappa shape index (κ3) is 2.67. The zero-order valence-corrected chi connectivity index (χ0v) is 11.8. The Morgan fingerprint density at radius 3 is 2.53 bits per heavy atom. The number of nitrogens with zero attached hydrogens (tertiary/aromatic N) is 2. The smallest absolute Gasteiger partial charge is 0.0746 e. The van der Waals surface area contributed by atoms with E-state index in [4.69, 9.17) is 0 Å². The quantitative estimate of drug-likeness (QED) is 0.793. The maximum atomic E-state index is 10.5. The van der Waals surface area contributed by atoms with E-state index in [9.17, 15) is 5.11 Å². The number of likely N-dealkylation sites (N-methyl/N-ethyl adjacent to an activating group) is 1. The van der Waals surface area contributed by atoms with E-state index in [0.717, 1.165) is 19.5 Å². The van der Waals surface area contributed by atoms with E-state index in [-0.39, 0.29) is 11.5 Å². The first-order chi connectivity index (χ1) is 7.92. The van der Waals surface area contributed by atoms with Gasteiger partial charge in [0.05, 0.1) is 6.10 Å². The predicted octanol–water partition coefficient (Wildman–Crippen LogP) is 1.56. The van der Waals surface area contributed by atoms with Crippen LogP contribution < -0.4 is 0 Å². The Morgan fingerprint density at radius 1 is 1.24 bits per heavy atom. The van der Waals surface area contributed by atoms with Gasteiger partial charge in [-0.1, -0.05) is 20.3 Å². The van der Waals surface area contributed by atoms with Crippen LogP contribution in [0.15, 0.2) is 0 Å². The van der Waals surface area contributed by atoms with Crippen LogP contribution in [0.4, 0.5) is 0 Å². The Morgan fingerprint density at radius 2 is 1.94 bits per heavy atom. The van der Waals surface area contributed by atoms with Gasteiger partial charge in [0.1, 0.15) is 0 Å². The van der Waals surface area contributed by atoms with Gasteiger partial charge in [0.15, 0.2) is 0 Å². The molecule has 0 amide bonds. The van der Waals surface area contributed by atoms with Crippen LogP contribution in [0.2, 0.25) is 0 Å². The van der Waals surface area contributed by atoms with Crippen molar-refractivity contribution in [3.05, 3.63) is 0 Å². The summed E-state index contributed by atoms with van der Waals surface area (Å²) in [6.45, 7) is 6.71. The lowest BCUT2D eigenvalue weighted by Gasteiger charge is -2.44. The highest BCUT2D eigenvalue weighted by atomic mass is 16.3. The van der Waals surface area contributed by atoms with Crippen LogP contribution in [-0.4, -0.2) is 60.3 Å². The van der Waals surface area contributed by atoms with Gasteiger partial charge in [-0.25, -0.2) is 0 Å². The van der Waals surface area contributed by atoms with E-state index in [2.05, 4.69) is 37.7 Å². The number of likely N-dealkylation sites (tertiary alicyclic amines) is 1. The third-order valence-electron chi connectivity index (χ3n) is 4.88. The number of aliphatic hydroxyl groups is 1. The third-order valence-corrected chi connectivity index (χ3v) is 4.88. The zero-order chi connectivity index (χ0) is 12.6. The van der Waals surface area contributed by atoms with Gasteiger partial charge in [-0.15, -0.1) is 0 Å². The van der Waals surface area contributed by atoms with Crippen LogP contribution in [0.25, 0.3) is 0 Å². The highest BCUT2D eigenvalue weighted by Crippen LogP contribution is 2.38. The molecule has 100 valence electrons. The number of rotatable bonds is 2. The topological polar surface area (TPSA) is 26.7 Å². The van der Waals surface area contributed by atoms with Gasteiger partial charge in [-0.05, 0) is 38.8 Å². The second-order valence-corrected chi connectivity index (χ2v) is 6.79. The van der Waals surface area contributed by atoms with E-state index < -0.39 is 0 Å². The average Bonchev–Trinajstić information content (AvgIpc) is 2.71. The summed E-state index contributed by atoms with van der Waals surface area (Å²) in [5.74, 6) is 0. The summed E-state index contributed by atoms with van der Waals surface area (Å²) in [4.78, 5) is 4.84. The Bertz CT molecular complexity index is 265. The van der Waals surface area contributed by atoms with Gasteiger partial charge in [0, 0.05) is 25.2 Å². The monoisotopic (exact) mass is 240 g/mol. The van der Waals surface area contributed by atoms with E-state index in [1.165, 1.54) is 19.3 Å². The largest absolute Gasteiger partial charge is 0.391 e. The van der Waals surface area contributed by atoms with Crippen LogP contribution >= 0.6 is 0 Å². The minimum Gasteiger partial charge on any atom is -0.391 e. The molecule has 3 atom stereocenters. The van der Waals surface area contributed by atoms with E-state index in [1.54, 1.807) is 0 Å². The summed E-state index contributed by atoms with van der Waals surface area (Å²) in [5, 5.41) is 10.5. The Kier molecular flexibility index (Phi) is 3.81. The molecule has 1 N–H and O–H groups in total. The minimum absolute atomic E-state index is 0.0963. The fourth-order valence-electron chi connectivity index (χ4n) is 3.47. The molecule has 1 aliphatic heterocycles. The van der Waals surface area contributed by atoms with Crippen molar-refractivity contribution in [3.63, 3.8) is 0 Å². The van der Waals surface area contributed by atoms with Crippen molar-refractivity contribution < 1.29 is 5.11 Å². The highest BCUT2D eigenvalue weighted by molar-refractivity contribution is 4.96. The molecule has 1 heterocycles. The van der Waals surface area contributed by atoms with Crippen LogP contribution in [-0.2, 0) is 0 Å². The van der Waals surface area contributed by atoms with Crippen molar-refractivity contribution >= 4 is 0 Å². The Balaban J connectivity index is 1.99. The van der Waals surface area contributed by atoms with Crippen LogP contribution in [0.5, 0.6) is 0 Å². The molecule has 1 saturated heterocycles. The lowest BCUT2D eigenvalue weighted by molar-refractivity contribution is -0.0522. The van der Waals surface area contributed by atoms with E-state index >= 15 is 0 Å². The van der Waals surface area contributed by atoms with Crippen LogP contribution in [0.3, 0.4) is 0 Å². The molecule has 2 rings (SSSR count). The summed E-state index contributed by atoms with van der Waals surface area (Å²) in [5.41, 5.74) is 0.0963. The normalized spacial score (nSPS) is 38.8. The molecular formula is C14H28N2O. The zero-order valence-electron chi connectivity index (χ0n) is 11.8. The molecule has 2 fully saturated rings. The average molecular weight is 240 g/mol. The summed E-state index contributed by atoms with van der Waals surface area (Å²) < 4.78 is 0. The Hall–Kier alpha value is -0.120. The summed E-state index contributed by atoms with van der Waals surface area (Å²) in [6.07, 6.45) is 4.69. The molecule has 3 unspecified atom stereocenters. The lowest BCUT2D eigenvalue weighted by atomic mass is 9.72. The fourth-order valence-corrected chi connectivity index (χ4v) is 3.47. The molecule has 0 spiro atoms. The van der Waals surface area contributed by atoms with Crippen molar-refractivity contribution in [2.75, 3.05) is 27.2 Å². The molecule has 0 aromatic rings. The Labute approximate surface area is 106 Å². The predicted molar refractivity (Wildman–Crippen MR) is 71.1 cm³/mol. The first kappa shape index (κ1) is 13.3. The van der Waals surface area contributed by atoms with Gasteiger partial charge in [-0.2, -0.15) is 0 Å². The lowest BCUT2D eigenvalue weighted by Crippen LogP contribution is -2.52. The molecule has 1 aliphatic carbocycles. The minimum atomic E-state index is -0.155. The van der Waals surface area contributed by atoms with Crippen molar-refractivity contribution in [2.24, 2.45) is 5.41 Å². The first-order valence-corrected chi connectivity index (χ1v) is 7.00. The summed E-state index contributed by atoms with van der Waals surface area (Å²) in [6, 6.07) is 1.07. The molecule has 0 aromatic heterocycles. The van der Waals surface area contributed by atoms with Gasteiger partial charge < -0.3 is 10.0 Å². The van der Waals surface area contributed by atoms with Crippen molar-refractivity contribution in [1.82, 2.24) is 9.80 Å². The summed E-state index contributed by atoms with van der Waals surface area (Å²) in [7, 11) is 4.32. The first-order valence-electron chi connectivity index (χ1n) is 7.00. The molecular weight excluding hydrogens is 212 g/mol. The van der Waals surface area contributed by atoms with Gasteiger partial charge >= 0.3 is 0 Å². The molecule has 0 radical (unpaired) electrons. The number of hydrogen-bond donors (Lipinski definition) is 1. The molecule has 0 aromatic carbocycles. The standard InChI is InChI=1S/C14H28N2O/c1-14(2)8-5-6-12(13(14)17)16-9-7-11(10-16)15(3)4/h11-13,17H,5-10H2,1-4H3. The van der Waals surface area contributed by atoms with E-state index in [1.807, 2.05) is 0 Å². The fraction of sp³-hybridized carbons (Fsp3) is 1.00. The SMILES string of the molecule is CN(C)C1CCN(C2CCCC(C)(C)C2O)C1. The van der Waals surface area contributed by atoms with Crippen LogP contribution in [0.1, 0.15) is 39.5 Å². The second-order valence-electron chi connectivity index (χ2n) is 6.79. The maximum Gasteiger partial charge on any atom is 0.0746 e. The van der Waals surface area contributed by atoms with Crippen molar-refractivity contribution in [1.29, 1.82) is 0 Å². The van der Waals surface area contributed by atoms with Gasteiger partial charge in [0.25, 0.3) is 0 Å². The molecule has 2 aliphatic rings. The van der Waals surface area contributed by atoms with Crippen molar-refractivity contribution in [3.8, 4) is 0 Å². The van der Waals surface area contributed by atoms with E-state index in [0.29, 0.717) is 12.1 Å². The maximum absolute atomic E-state index is 10.5. The number of hydrogen-bond acceptors (Lipinski definition) is 3. The second kappa shape index (κ2) is 4.87. The molecule has 3 nitrogen and oxygen atoms in total. The molecule has 1 saturated carbocycles. The number of aliphatic hydroxyl groups excluding tert-OH is 1.